The van der Waals surface area contributed by atoms with Crippen molar-refractivity contribution in [1.29, 1.82) is 0 Å². The third-order valence-corrected chi connectivity index (χ3v) is 3.81. The Labute approximate surface area is 129 Å². The summed E-state index contributed by atoms with van der Waals surface area (Å²) < 4.78 is -0.302. The molecule has 0 saturated heterocycles. The van der Waals surface area contributed by atoms with Crippen molar-refractivity contribution in [3.05, 3.63) is 32.8 Å². The van der Waals surface area contributed by atoms with Gasteiger partial charge in [-0.25, -0.2) is 0 Å². The van der Waals surface area contributed by atoms with Crippen LogP contribution < -0.4 is 0 Å². The molecule has 2 nitrogen and oxygen atoms in total. The molecule has 1 aromatic heterocycles. The van der Waals surface area contributed by atoms with Gasteiger partial charge >= 0.3 is 0 Å². The summed E-state index contributed by atoms with van der Waals surface area (Å²) in [5, 5.41) is 0.697. The molecule has 2 aromatic rings. The number of H-pyrrole nitrogens is 1. The first-order chi connectivity index (χ1) is 7.80. The molecule has 0 bridgehead atoms. The fourth-order valence-corrected chi connectivity index (χ4v) is 3.14. The zero-order valence-corrected chi connectivity index (χ0v) is 13.5. The third-order valence-electron chi connectivity index (χ3n) is 2.21. The lowest BCUT2D eigenvalue weighted by Crippen LogP contribution is -2.18. The average molecular weight is 420 g/mol. The van der Waals surface area contributed by atoms with Gasteiger partial charge in [0.1, 0.15) is 0 Å². The minimum absolute atomic E-state index is 0.349. The van der Waals surface area contributed by atoms with Gasteiger partial charge in [-0.2, -0.15) is 0 Å². The monoisotopic (exact) mass is 417 g/mol. The first kappa shape index (κ1) is 13.7. The Balaban J connectivity index is 2.69. The normalized spacial score (nSPS) is 12.1. The van der Waals surface area contributed by atoms with Crippen LogP contribution in [0.2, 0.25) is 0 Å². The summed E-state index contributed by atoms with van der Waals surface area (Å²) in [6.45, 7) is 0. The van der Waals surface area contributed by atoms with Gasteiger partial charge in [-0.1, -0.05) is 50.7 Å². The van der Waals surface area contributed by atoms with E-state index in [-0.39, 0.29) is 0 Å². The Hall–Kier alpha value is 0.260. The topological polar surface area (TPSA) is 32.9 Å². The Morgan fingerprint density at radius 2 is 1.88 bits per heavy atom. The standard InChI is InChI=1S/C10H4Br2Cl3NO/c11-4-1-5-6(9(17)10(13,14)15)3-16-8(5)7(12)2-4/h1-3,16H. The number of nitrogens with one attached hydrogen (secondary N) is 1. The number of halogens is 5. The van der Waals surface area contributed by atoms with E-state index in [1.165, 1.54) is 6.20 Å². The van der Waals surface area contributed by atoms with Crippen molar-refractivity contribution in [2.75, 3.05) is 0 Å². The second kappa shape index (κ2) is 4.74. The predicted molar refractivity (Wildman–Crippen MR) is 78.3 cm³/mol. The fourth-order valence-electron chi connectivity index (χ4n) is 1.50. The predicted octanol–water partition coefficient (Wildman–Crippen LogP) is 5.25. The maximum Gasteiger partial charge on any atom is 0.253 e. The van der Waals surface area contributed by atoms with Gasteiger partial charge in [0.05, 0.1) is 5.52 Å². The Kier molecular flexibility index (Phi) is 3.82. The molecule has 7 heteroatoms. The highest BCUT2D eigenvalue weighted by Gasteiger charge is 2.33. The quantitative estimate of drug-likeness (QED) is 0.497. The summed E-state index contributed by atoms with van der Waals surface area (Å²) in [7, 11) is 0. The molecule has 0 amide bonds. The number of hydrogen-bond donors (Lipinski definition) is 1. The lowest BCUT2D eigenvalue weighted by Gasteiger charge is -2.08. The number of aromatic nitrogens is 1. The maximum absolute atomic E-state index is 11.9. The van der Waals surface area contributed by atoms with Crippen LogP contribution in [0.15, 0.2) is 27.3 Å². The highest BCUT2D eigenvalue weighted by atomic mass is 79.9. The number of Topliss-reactive ketones (excluding diaryl/α,β-unsaturated/α-hetero) is 1. The van der Waals surface area contributed by atoms with E-state index in [9.17, 15) is 4.79 Å². The molecule has 1 heterocycles. The molecule has 17 heavy (non-hydrogen) atoms. The highest BCUT2D eigenvalue weighted by molar-refractivity contribution is 9.11. The molecule has 2 rings (SSSR count). The average Bonchev–Trinajstić information content (AvgIpc) is 2.58. The highest BCUT2D eigenvalue weighted by Crippen LogP contribution is 2.35. The van der Waals surface area contributed by atoms with E-state index < -0.39 is 9.58 Å². The summed E-state index contributed by atoms with van der Waals surface area (Å²) >= 11 is 23.5. The first-order valence-corrected chi connectivity index (χ1v) is 7.10. The zero-order valence-electron chi connectivity index (χ0n) is 8.03. The van der Waals surface area contributed by atoms with Crippen LogP contribution in [0.5, 0.6) is 0 Å². The van der Waals surface area contributed by atoms with Gasteiger partial charge < -0.3 is 4.98 Å². The summed E-state index contributed by atoms with van der Waals surface area (Å²) in [4.78, 5) is 14.9. The van der Waals surface area contributed by atoms with E-state index in [4.69, 9.17) is 34.8 Å². The van der Waals surface area contributed by atoms with Crippen molar-refractivity contribution in [3.8, 4) is 0 Å². The summed E-state index contributed by atoms with van der Waals surface area (Å²) in [5.41, 5.74) is 1.13. The molecule has 0 fully saturated rings. The Morgan fingerprint density at radius 3 is 2.47 bits per heavy atom. The number of carbonyl (C=O) groups excluding carboxylic acids is 1. The molecule has 90 valence electrons. The van der Waals surface area contributed by atoms with Crippen LogP contribution in [0.3, 0.4) is 0 Å². The van der Waals surface area contributed by atoms with Crippen LogP contribution in [0, 0.1) is 0 Å². The molecule has 1 aromatic carbocycles. The number of alkyl halides is 3. The molecule has 0 aliphatic heterocycles. The molecular weight excluding hydrogens is 416 g/mol. The number of rotatable bonds is 1. The largest absolute Gasteiger partial charge is 0.360 e. The minimum Gasteiger partial charge on any atom is -0.360 e. The van der Waals surface area contributed by atoms with Crippen molar-refractivity contribution in [2.45, 2.75) is 3.79 Å². The molecule has 0 aliphatic rings. The van der Waals surface area contributed by atoms with Gasteiger partial charge in [0.25, 0.3) is 3.79 Å². The van der Waals surface area contributed by atoms with Crippen molar-refractivity contribution in [1.82, 2.24) is 4.98 Å². The van der Waals surface area contributed by atoms with E-state index in [0.29, 0.717) is 10.9 Å². The second-order valence-corrected chi connectivity index (χ2v) is 7.39. The van der Waals surface area contributed by atoms with E-state index in [0.717, 1.165) is 14.5 Å². The van der Waals surface area contributed by atoms with Crippen LogP contribution in [0.25, 0.3) is 10.9 Å². The maximum atomic E-state index is 11.9. The number of aromatic amines is 1. The lowest BCUT2D eigenvalue weighted by molar-refractivity contribution is 0.0998. The molecule has 1 N–H and O–H groups in total. The molecular formula is C10H4Br2Cl3NO. The van der Waals surface area contributed by atoms with E-state index in [1.807, 2.05) is 6.07 Å². The molecule has 0 unspecified atom stereocenters. The zero-order chi connectivity index (χ0) is 12.8. The molecule has 0 spiro atoms. The fraction of sp³-hybridized carbons (Fsp3) is 0.100. The van der Waals surface area contributed by atoms with Crippen molar-refractivity contribution in [2.24, 2.45) is 0 Å². The molecule has 0 radical (unpaired) electrons. The Morgan fingerprint density at radius 1 is 1.24 bits per heavy atom. The lowest BCUT2D eigenvalue weighted by atomic mass is 10.1. The summed E-state index contributed by atoms with van der Waals surface area (Å²) in [6.07, 6.45) is 1.53. The van der Waals surface area contributed by atoms with E-state index in [1.54, 1.807) is 6.07 Å². The number of hydrogen-bond acceptors (Lipinski definition) is 1. The SMILES string of the molecule is O=C(c1c[nH]c2c(Br)cc(Br)cc12)C(Cl)(Cl)Cl. The van der Waals surface area contributed by atoms with Crippen LogP contribution in [-0.4, -0.2) is 14.6 Å². The van der Waals surface area contributed by atoms with Crippen molar-refractivity contribution < 1.29 is 4.79 Å². The summed E-state index contributed by atoms with van der Waals surface area (Å²) in [5.74, 6) is -0.557. The second-order valence-electron chi connectivity index (χ2n) is 3.34. The van der Waals surface area contributed by atoms with Gasteiger partial charge in [0.15, 0.2) is 0 Å². The van der Waals surface area contributed by atoms with Gasteiger partial charge in [0, 0.05) is 26.1 Å². The van der Waals surface area contributed by atoms with E-state index in [2.05, 4.69) is 36.8 Å². The Bertz CT molecular complexity index is 603. The molecule has 0 saturated carbocycles. The van der Waals surface area contributed by atoms with Crippen LogP contribution in [0.1, 0.15) is 10.4 Å². The number of fused-ring (bicyclic) bond motifs is 1. The van der Waals surface area contributed by atoms with Gasteiger partial charge in [-0.15, -0.1) is 0 Å². The number of ketones is 1. The number of carbonyl (C=O) groups is 1. The molecule has 0 aliphatic carbocycles. The first-order valence-electron chi connectivity index (χ1n) is 4.38. The minimum atomic E-state index is -1.95. The van der Waals surface area contributed by atoms with Gasteiger partial charge in [0.2, 0.25) is 5.78 Å². The van der Waals surface area contributed by atoms with E-state index >= 15 is 0 Å². The van der Waals surface area contributed by atoms with Crippen molar-refractivity contribution >= 4 is 83.3 Å². The van der Waals surface area contributed by atoms with Crippen LogP contribution >= 0.6 is 66.7 Å². The third kappa shape index (κ3) is 2.66. The van der Waals surface area contributed by atoms with Crippen LogP contribution in [0.4, 0.5) is 0 Å². The van der Waals surface area contributed by atoms with Crippen LogP contribution in [-0.2, 0) is 0 Å². The van der Waals surface area contributed by atoms with Gasteiger partial charge in [-0.05, 0) is 28.1 Å². The van der Waals surface area contributed by atoms with Gasteiger partial charge in [-0.3, -0.25) is 4.79 Å². The molecule has 0 atom stereocenters. The van der Waals surface area contributed by atoms with Crippen molar-refractivity contribution in [3.63, 3.8) is 0 Å². The smallest absolute Gasteiger partial charge is 0.253 e. The summed E-state index contributed by atoms with van der Waals surface area (Å²) in [6, 6.07) is 3.66. The number of benzene rings is 1.